The van der Waals surface area contributed by atoms with E-state index in [4.69, 9.17) is 0 Å². The van der Waals surface area contributed by atoms with Crippen LogP contribution in [0.1, 0.15) is 0 Å². The van der Waals surface area contributed by atoms with Crippen LogP contribution >= 0.6 is 27.7 Å². The molecule has 1 aromatic carbocycles. The van der Waals surface area contributed by atoms with Gasteiger partial charge in [0.05, 0.1) is 16.5 Å². The normalized spacial score (nSPS) is 13.3. The fourth-order valence-electron chi connectivity index (χ4n) is 1.73. The van der Waals surface area contributed by atoms with Gasteiger partial charge in [0.2, 0.25) is 0 Å². The molecule has 1 aliphatic heterocycles. The fourth-order valence-corrected chi connectivity index (χ4v) is 3.24. The number of nitrogens with zero attached hydrogens (tertiary/aromatic N) is 1. The Morgan fingerprint density at radius 1 is 1.35 bits per heavy atom. The van der Waals surface area contributed by atoms with E-state index in [0.29, 0.717) is 11.3 Å². The van der Waals surface area contributed by atoms with Gasteiger partial charge >= 0.3 is 0 Å². The van der Waals surface area contributed by atoms with Crippen LogP contribution in [0.25, 0.3) is 11.3 Å². The van der Waals surface area contributed by atoms with Gasteiger partial charge in [0.25, 0.3) is 0 Å². The molecule has 0 fully saturated rings. The van der Waals surface area contributed by atoms with Crippen molar-refractivity contribution in [2.75, 3.05) is 11.2 Å². The van der Waals surface area contributed by atoms with E-state index < -0.39 is 0 Å². The minimum Gasteiger partial charge on any atom is -0.360 e. The molecule has 0 spiro atoms. The Balaban J connectivity index is 2.19. The van der Waals surface area contributed by atoms with Gasteiger partial charge < -0.3 is 5.32 Å². The Morgan fingerprint density at radius 2 is 2.18 bits per heavy atom. The van der Waals surface area contributed by atoms with Crippen molar-refractivity contribution in [3.05, 3.63) is 40.6 Å². The minimum atomic E-state index is -0.258. The largest absolute Gasteiger partial charge is 0.360 e. The van der Waals surface area contributed by atoms with Crippen LogP contribution < -0.4 is 5.32 Å². The van der Waals surface area contributed by atoms with Gasteiger partial charge in [-0.3, -0.25) is 0 Å². The van der Waals surface area contributed by atoms with Crippen molar-refractivity contribution in [1.82, 2.24) is 4.98 Å². The standard InChI is InChI=1S/C12H8BrFN2S/c13-8-5-10-12(15-6-17-10)16-11(8)7-3-1-2-4-9(7)14/h1-5H,6H2,(H,15,16). The smallest absolute Gasteiger partial charge is 0.141 e. The minimum absolute atomic E-state index is 0.258. The quantitative estimate of drug-likeness (QED) is 0.857. The first-order valence-electron chi connectivity index (χ1n) is 5.08. The number of hydrogen-bond acceptors (Lipinski definition) is 3. The van der Waals surface area contributed by atoms with Crippen LogP contribution in [-0.4, -0.2) is 10.9 Å². The van der Waals surface area contributed by atoms with E-state index in [1.54, 1.807) is 23.9 Å². The van der Waals surface area contributed by atoms with Crippen LogP contribution in [0.3, 0.4) is 0 Å². The highest BCUT2D eigenvalue weighted by Gasteiger charge is 2.17. The number of anilines is 1. The third kappa shape index (κ3) is 1.93. The van der Waals surface area contributed by atoms with Gasteiger partial charge in [0.1, 0.15) is 11.6 Å². The van der Waals surface area contributed by atoms with Gasteiger partial charge in [0.15, 0.2) is 0 Å². The van der Waals surface area contributed by atoms with E-state index >= 15 is 0 Å². The number of fused-ring (bicyclic) bond motifs is 1. The second-order valence-corrected chi connectivity index (χ2v) is 5.48. The number of nitrogens with one attached hydrogen (secondary N) is 1. The van der Waals surface area contributed by atoms with Crippen molar-refractivity contribution in [3.8, 4) is 11.3 Å². The Morgan fingerprint density at radius 3 is 3.00 bits per heavy atom. The van der Waals surface area contributed by atoms with Gasteiger partial charge in [-0.2, -0.15) is 0 Å². The molecule has 17 heavy (non-hydrogen) atoms. The average molecular weight is 311 g/mol. The summed E-state index contributed by atoms with van der Waals surface area (Å²) >= 11 is 5.14. The molecule has 0 aliphatic carbocycles. The maximum atomic E-state index is 13.7. The summed E-state index contributed by atoms with van der Waals surface area (Å²) in [6.07, 6.45) is 0. The first kappa shape index (κ1) is 11.0. The van der Waals surface area contributed by atoms with E-state index in [2.05, 4.69) is 26.2 Å². The Kier molecular flexibility index (Phi) is 2.80. The van der Waals surface area contributed by atoms with E-state index in [9.17, 15) is 4.39 Å². The zero-order valence-corrected chi connectivity index (χ0v) is 11.1. The molecule has 0 saturated heterocycles. The summed E-state index contributed by atoms with van der Waals surface area (Å²) < 4.78 is 14.5. The maximum absolute atomic E-state index is 13.7. The van der Waals surface area contributed by atoms with Crippen LogP contribution in [0.15, 0.2) is 39.7 Å². The summed E-state index contributed by atoms with van der Waals surface area (Å²) in [7, 11) is 0. The first-order chi connectivity index (χ1) is 8.25. The van der Waals surface area contributed by atoms with Gasteiger partial charge in [-0.1, -0.05) is 12.1 Å². The van der Waals surface area contributed by atoms with Gasteiger partial charge in [0, 0.05) is 10.0 Å². The summed E-state index contributed by atoms with van der Waals surface area (Å²) in [4.78, 5) is 5.56. The topological polar surface area (TPSA) is 24.9 Å². The van der Waals surface area contributed by atoms with E-state index in [1.165, 1.54) is 6.07 Å². The molecule has 2 aromatic rings. The Bertz CT molecular complexity index is 589. The van der Waals surface area contributed by atoms with Gasteiger partial charge in [-0.05, 0) is 34.1 Å². The second kappa shape index (κ2) is 4.31. The van der Waals surface area contributed by atoms with Crippen molar-refractivity contribution in [2.45, 2.75) is 4.90 Å². The summed E-state index contributed by atoms with van der Waals surface area (Å²) in [5.41, 5.74) is 1.15. The van der Waals surface area contributed by atoms with Crippen LogP contribution in [0.2, 0.25) is 0 Å². The molecule has 0 unspecified atom stereocenters. The third-order valence-corrected chi connectivity index (χ3v) is 4.05. The average Bonchev–Trinajstić information content (AvgIpc) is 2.76. The lowest BCUT2D eigenvalue weighted by Crippen LogP contribution is -1.95. The summed E-state index contributed by atoms with van der Waals surface area (Å²) in [6, 6.07) is 8.64. The number of pyridine rings is 1. The van der Waals surface area contributed by atoms with Crippen molar-refractivity contribution in [1.29, 1.82) is 0 Å². The second-order valence-electron chi connectivity index (χ2n) is 3.61. The third-order valence-electron chi connectivity index (χ3n) is 2.54. The predicted molar refractivity (Wildman–Crippen MR) is 71.7 cm³/mol. The molecule has 1 aliphatic rings. The zero-order valence-electron chi connectivity index (χ0n) is 8.71. The van der Waals surface area contributed by atoms with E-state index in [-0.39, 0.29) is 5.82 Å². The molecule has 0 amide bonds. The summed E-state index contributed by atoms with van der Waals surface area (Å²) in [5.74, 6) is 1.39. The van der Waals surface area contributed by atoms with Gasteiger partial charge in [-0.15, -0.1) is 11.8 Å². The highest BCUT2D eigenvalue weighted by atomic mass is 79.9. The van der Waals surface area contributed by atoms with Crippen molar-refractivity contribution < 1.29 is 4.39 Å². The number of thioether (sulfide) groups is 1. The van der Waals surface area contributed by atoms with Crippen molar-refractivity contribution in [3.63, 3.8) is 0 Å². The van der Waals surface area contributed by atoms with Crippen molar-refractivity contribution >= 4 is 33.5 Å². The first-order valence-corrected chi connectivity index (χ1v) is 6.85. The molecule has 0 atom stereocenters. The van der Waals surface area contributed by atoms with Crippen LogP contribution in [-0.2, 0) is 0 Å². The maximum Gasteiger partial charge on any atom is 0.141 e. The lowest BCUT2D eigenvalue weighted by molar-refractivity contribution is 0.630. The summed E-state index contributed by atoms with van der Waals surface area (Å²) in [6.45, 7) is 0. The predicted octanol–water partition coefficient (Wildman–Crippen LogP) is 4.13. The molecule has 0 bridgehead atoms. The monoisotopic (exact) mass is 310 g/mol. The number of halogens is 2. The van der Waals surface area contributed by atoms with Crippen LogP contribution in [0.4, 0.5) is 10.2 Å². The lowest BCUT2D eigenvalue weighted by Gasteiger charge is -2.07. The molecule has 2 nitrogen and oxygen atoms in total. The van der Waals surface area contributed by atoms with E-state index in [1.807, 2.05) is 12.1 Å². The van der Waals surface area contributed by atoms with Gasteiger partial charge in [-0.25, -0.2) is 9.37 Å². The molecule has 3 rings (SSSR count). The number of benzene rings is 1. The molecule has 1 N–H and O–H groups in total. The zero-order chi connectivity index (χ0) is 11.8. The molecular formula is C12H8BrFN2S. The highest BCUT2D eigenvalue weighted by Crippen LogP contribution is 2.38. The van der Waals surface area contributed by atoms with E-state index in [0.717, 1.165) is 21.1 Å². The fraction of sp³-hybridized carbons (Fsp3) is 0.0833. The molecular weight excluding hydrogens is 303 g/mol. The SMILES string of the molecule is Fc1ccccc1-c1nc2c(cc1Br)SCN2. The highest BCUT2D eigenvalue weighted by molar-refractivity contribution is 9.10. The molecule has 0 saturated carbocycles. The lowest BCUT2D eigenvalue weighted by atomic mass is 10.1. The van der Waals surface area contributed by atoms with Crippen LogP contribution in [0, 0.1) is 5.82 Å². The van der Waals surface area contributed by atoms with Crippen molar-refractivity contribution in [2.24, 2.45) is 0 Å². The Labute approximate surface area is 111 Å². The number of rotatable bonds is 1. The summed E-state index contributed by atoms with van der Waals surface area (Å²) in [5, 5.41) is 3.17. The molecule has 5 heteroatoms. The van der Waals surface area contributed by atoms with Crippen LogP contribution in [0.5, 0.6) is 0 Å². The number of hydrogen-bond donors (Lipinski definition) is 1. The Hall–Kier alpha value is -1.07. The molecule has 0 radical (unpaired) electrons. The molecule has 1 aromatic heterocycles. The molecule has 2 heterocycles. The molecule has 86 valence electrons. The number of aromatic nitrogens is 1.